The van der Waals surface area contributed by atoms with Gasteiger partial charge in [-0.25, -0.2) is 14.8 Å². The molecular weight excluding hydrogens is 242 g/mol. The second-order valence-electron chi connectivity index (χ2n) is 2.60. The van der Waals surface area contributed by atoms with Gasteiger partial charge in [0, 0.05) is 0 Å². The van der Waals surface area contributed by atoms with Gasteiger partial charge in [0.05, 0.1) is 0 Å². The number of carbonyl (C=O) groups excluding carboxylic acids is 1. The Morgan fingerprint density at radius 1 is 1.44 bits per heavy atom. The summed E-state index contributed by atoms with van der Waals surface area (Å²) in [4.78, 5) is 18.3. The van der Waals surface area contributed by atoms with Gasteiger partial charge in [-0.3, -0.25) is 19.8 Å². The van der Waals surface area contributed by atoms with Gasteiger partial charge in [-0.05, 0) is 0 Å². The van der Waals surface area contributed by atoms with Crippen LogP contribution in [0.25, 0.3) is 0 Å². The lowest BCUT2D eigenvalue weighted by molar-refractivity contribution is 0.243. The first kappa shape index (κ1) is 12.2. The lowest BCUT2D eigenvalue weighted by Crippen LogP contribution is -2.56. The van der Waals surface area contributed by atoms with Crippen molar-refractivity contribution >= 4 is 34.3 Å². The first-order valence-electron chi connectivity index (χ1n) is 3.73. The predicted octanol–water partition coefficient (Wildman–Crippen LogP) is -1.57. The van der Waals surface area contributed by atoms with E-state index < -0.39 is 22.6 Å². The van der Waals surface area contributed by atoms with Crippen LogP contribution in [-0.4, -0.2) is 47.6 Å². The van der Waals surface area contributed by atoms with Crippen molar-refractivity contribution in [1.29, 1.82) is 5.41 Å². The summed E-state index contributed by atoms with van der Waals surface area (Å²) in [6, 6.07) is -0.405. The molecule has 1 saturated heterocycles. The van der Waals surface area contributed by atoms with Crippen LogP contribution in [0.4, 0.5) is 4.79 Å². The Balaban J connectivity index is 0.000000221. The average Bonchev–Trinajstić information content (AvgIpc) is 2.47. The molecule has 16 heavy (non-hydrogen) atoms. The fourth-order valence-electron chi connectivity index (χ4n) is 0.948. The Labute approximate surface area is 89.6 Å². The third kappa shape index (κ3) is 3.72. The summed E-state index contributed by atoms with van der Waals surface area (Å²) in [5.74, 6) is 0.0243. The third-order valence-electron chi connectivity index (χ3n) is 1.43. The molecule has 5 N–H and O–H groups in total. The summed E-state index contributed by atoms with van der Waals surface area (Å²) in [6.07, 6.45) is 0.887. The Morgan fingerprint density at radius 3 is 2.56 bits per heavy atom. The third-order valence-corrected chi connectivity index (χ3v) is 1.43. The van der Waals surface area contributed by atoms with Crippen molar-refractivity contribution in [2.24, 2.45) is 9.98 Å². The second kappa shape index (κ2) is 4.34. The molecule has 2 amide bonds. The maximum absolute atomic E-state index is 10.7. The van der Waals surface area contributed by atoms with E-state index in [1.165, 1.54) is 6.34 Å². The van der Waals surface area contributed by atoms with E-state index in [2.05, 4.69) is 20.6 Å². The lowest BCUT2D eigenvalue weighted by Gasteiger charge is -2.19. The zero-order valence-corrected chi connectivity index (χ0v) is 8.39. The molecule has 1 atom stereocenters. The molecule has 0 spiro atoms. The lowest BCUT2D eigenvalue weighted by atomic mass is 10.2. The number of amidine groups is 1. The molecule has 88 valence electrons. The van der Waals surface area contributed by atoms with Crippen LogP contribution in [0.15, 0.2) is 9.98 Å². The fourth-order valence-corrected chi connectivity index (χ4v) is 0.948. The highest BCUT2D eigenvalue weighted by Crippen LogP contribution is 2.02. The van der Waals surface area contributed by atoms with Crippen molar-refractivity contribution in [2.75, 3.05) is 0 Å². The van der Waals surface area contributed by atoms with Crippen LogP contribution in [0.2, 0.25) is 0 Å². The molecule has 0 aromatic rings. The molecule has 11 heteroatoms. The van der Waals surface area contributed by atoms with E-state index in [-0.39, 0.29) is 5.84 Å². The Hall–Kier alpha value is -1.85. The van der Waals surface area contributed by atoms with Crippen LogP contribution in [0, 0.1) is 5.41 Å². The number of amides is 2. The van der Waals surface area contributed by atoms with E-state index in [1.54, 1.807) is 0 Å². The van der Waals surface area contributed by atoms with Crippen LogP contribution < -0.4 is 10.6 Å². The van der Waals surface area contributed by atoms with Crippen molar-refractivity contribution in [2.45, 2.75) is 6.17 Å². The zero-order chi connectivity index (χ0) is 12.3. The molecule has 2 aliphatic rings. The highest BCUT2D eigenvalue weighted by atomic mass is 32.3. The van der Waals surface area contributed by atoms with Gasteiger partial charge in [-0.2, -0.15) is 8.42 Å². The standard InChI is InChI=1S/C5H5N5O.H2O4S/c6-3-2-4(8-1-7-2)10-5(11)9-3;1-5(2,3)4/h1,4H,(H3,6,9,10,11);(H2,1,2,3,4). The van der Waals surface area contributed by atoms with Crippen LogP contribution in [-0.2, 0) is 10.4 Å². The van der Waals surface area contributed by atoms with Gasteiger partial charge in [0.1, 0.15) is 12.1 Å². The largest absolute Gasteiger partial charge is 0.394 e. The predicted molar refractivity (Wildman–Crippen MR) is 53.3 cm³/mol. The number of carbonyl (C=O) groups is 1. The van der Waals surface area contributed by atoms with E-state index >= 15 is 0 Å². The maximum Gasteiger partial charge on any atom is 0.394 e. The number of nitrogens with zero attached hydrogens (tertiary/aromatic N) is 2. The number of hydrogen-bond acceptors (Lipinski definition) is 6. The molecule has 0 radical (unpaired) electrons. The molecule has 2 rings (SSSR count). The molecule has 0 bridgehead atoms. The smallest absolute Gasteiger partial charge is 0.310 e. The number of fused-ring (bicyclic) bond motifs is 1. The van der Waals surface area contributed by atoms with Gasteiger partial charge in [-0.15, -0.1) is 0 Å². The minimum Gasteiger partial charge on any atom is -0.310 e. The summed E-state index contributed by atoms with van der Waals surface area (Å²) in [5, 5.41) is 12.0. The highest BCUT2D eigenvalue weighted by molar-refractivity contribution is 7.79. The highest BCUT2D eigenvalue weighted by Gasteiger charge is 2.29. The maximum atomic E-state index is 10.7. The number of urea groups is 1. The monoisotopic (exact) mass is 249 g/mol. The van der Waals surface area contributed by atoms with Gasteiger partial charge >= 0.3 is 16.4 Å². The zero-order valence-electron chi connectivity index (χ0n) is 7.58. The molecule has 0 aromatic carbocycles. The van der Waals surface area contributed by atoms with Crippen LogP contribution >= 0.6 is 0 Å². The van der Waals surface area contributed by atoms with Crippen molar-refractivity contribution in [3.05, 3.63) is 0 Å². The Morgan fingerprint density at radius 2 is 2.00 bits per heavy atom. The summed E-state index contributed by atoms with van der Waals surface area (Å²) < 4.78 is 31.6. The van der Waals surface area contributed by atoms with Crippen molar-refractivity contribution < 1.29 is 22.3 Å². The van der Waals surface area contributed by atoms with Gasteiger partial charge in [0.15, 0.2) is 12.0 Å². The molecular formula is C5H7N5O5S. The summed E-state index contributed by atoms with van der Waals surface area (Å²) in [5.41, 5.74) is 0.463. The van der Waals surface area contributed by atoms with E-state index in [0.29, 0.717) is 5.71 Å². The Kier molecular flexibility index (Phi) is 3.31. The van der Waals surface area contributed by atoms with Gasteiger partial charge in [0.25, 0.3) is 0 Å². The van der Waals surface area contributed by atoms with E-state index in [1.807, 2.05) is 0 Å². The minimum absolute atomic E-state index is 0.0243. The van der Waals surface area contributed by atoms with Crippen molar-refractivity contribution in [3.8, 4) is 0 Å². The summed E-state index contributed by atoms with van der Waals surface area (Å²) in [6.45, 7) is 0. The van der Waals surface area contributed by atoms with Gasteiger partial charge in [-0.1, -0.05) is 0 Å². The molecule has 0 aromatic heterocycles. The number of nitrogens with one attached hydrogen (secondary N) is 3. The van der Waals surface area contributed by atoms with E-state index in [9.17, 15) is 4.79 Å². The van der Waals surface area contributed by atoms with Crippen LogP contribution in [0.5, 0.6) is 0 Å². The Bertz CT molecular complexity index is 471. The minimum atomic E-state index is -4.67. The number of rotatable bonds is 0. The number of hydrogen-bond donors (Lipinski definition) is 5. The summed E-state index contributed by atoms with van der Waals surface area (Å²) in [7, 11) is -4.67. The van der Waals surface area contributed by atoms with Gasteiger partial charge < -0.3 is 5.32 Å². The topological polar surface area (TPSA) is 164 Å². The van der Waals surface area contributed by atoms with E-state index in [0.717, 1.165) is 0 Å². The average molecular weight is 249 g/mol. The van der Waals surface area contributed by atoms with Gasteiger partial charge in [0.2, 0.25) is 0 Å². The SMILES string of the molecule is N=C1NC(=O)NC2N=CN=C12.O=S(=O)(O)O. The second-order valence-corrected chi connectivity index (χ2v) is 3.50. The molecule has 1 unspecified atom stereocenters. The van der Waals surface area contributed by atoms with E-state index in [4.69, 9.17) is 22.9 Å². The normalized spacial score (nSPS) is 22.4. The van der Waals surface area contributed by atoms with Crippen LogP contribution in [0.1, 0.15) is 0 Å². The molecule has 2 heterocycles. The first-order valence-corrected chi connectivity index (χ1v) is 5.13. The molecule has 10 nitrogen and oxygen atoms in total. The van der Waals surface area contributed by atoms with Crippen molar-refractivity contribution in [1.82, 2.24) is 10.6 Å². The number of aliphatic imine (C=N–C) groups is 2. The quantitative estimate of drug-likeness (QED) is 0.327. The molecule has 2 aliphatic heterocycles. The molecule has 0 saturated carbocycles. The van der Waals surface area contributed by atoms with Crippen molar-refractivity contribution in [3.63, 3.8) is 0 Å². The summed E-state index contributed by atoms with van der Waals surface area (Å²) >= 11 is 0. The first-order chi connectivity index (χ1) is 7.27. The molecule has 0 aliphatic carbocycles. The fraction of sp³-hybridized carbons (Fsp3) is 0.200. The van der Waals surface area contributed by atoms with Crippen LogP contribution in [0.3, 0.4) is 0 Å². The molecule has 1 fully saturated rings.